The molecule has 0 aliphatic heterocycles. The van der Waals surface area contributed by atoms with Gasteiger partial charge in [-0.2, -0.15) is 0 Å². The predicted octanol–water partition coefficient (Wildman–Crippen LogP) is 10.8. The molecule has 0 spiro atoms. The van der Waals surface area contributed by atoms with Gasteiger partial charge in [-0.1, -0.05) is 115 Å². The molecule has 11 nitrogen and oxygen atoms in total. The minimum atomic E-state index is -4.41. The van der Waals surface area contributed by atoms with Crippen molar-refractivity contribution in [2.75, 3.05) is 47.5 Å². The number of carbonyl (C=O) groups excluding carboxylic acids is 2. The number of carbonyl (C=O) groups is 2. The molecule has 0 aliphatic rings. The van der Waals surface area contributed by atoms with Crippen LogP contribution in [0.15, 0.2) is 40.9 Å². The topological polar surface area (TPSA) is 142 Å². The Labute approximate surface area is 351 Å². The SMILES string of the molecule is CC/C=C/C/C=C/C=C/C(O)CCCCCCCC(=O)OC[C@H](COP(=O)(O)OCC[N+](C)(C)C)OC(=O)CCCCCCCCCCc1oc(CCC)c(C)c1C. The number of quaternary nitrogens is 1. The van der Waals surface area contributed by atoms with Gasteiger partial charge in [-0.05, 0) is 69.9 Å². The summed E-state index contributed by atoms with van der Waals surface area (Å²) >= 11 is 0. The lowest BCUT2D eigenvalue weighted by Gasteiger charge is -2.24. The molecule has 0 aromatic carbocycles. The van der Waals surface area contributed by atoms with Gasteiger partial charge in [0, 0.05) is 25.7 Å². The van der Waals surface area contributed by atoms with Gasteiger partial charge in [-0.15, -0.1) is 0 Å². The van der Waals surface area contributed by atoms with Gasteiger partial charge in [0.25, 0.3) is 0 Å². The zero-order valence-corrected chi connectivity index (χ0v) is 38.2. The molecule has 1 rings (SSSR count). The van der Waals surface area contributed by atoms with Gasteiger partial charge < -0.3 is 28.4 Å². The summed E-state index contributed by atoms with van der Waals surface area (Å²) in [5.41, 5.74) is 2.61. The number of aryl methyl sites for hydroxylation is 2. The molecule has 0 fully saturated rings. The van der Waals surface area contributed by atoms with Crippen molar-refractivity contribution in [1.82, 2.24) is 0 Å². The van der Waals surface area contributed by atoms with E-state index in [1.165, 1.54) is 24.0 Å². The number of likely N-dealkylation sites (N-methyl/N-ethyl adjacent to an activating group) is 1. The number of aliphatic hydroxyl groups is 1. The number of hydrogen-bond acceptors (Lipinski definition) is 9. The van der Waals surface area contributed by atoms with Gasteiger partial charge in [-0.25, -0.2) is 4.57 Å². The van der Waals surface area contributed by atoms with Crippen molar-refractivity contribution >= 4 is 19.8 Å². The summed E-state index contributed by atoms with van der Waals surface area (Å²) in [5, 5.41) is 10.2. The largest absolute Gasteiger partial charge is 0.472 e. The lowest BCUT2D eigenvalue weighted by molar-refractivity contribution is -0.870. The van der Waals surface area contributed by atoms with Gasteiger partial charge in [0.05, 0.1) is 33.9 Å². The Hall–Kier alpha value is -2.53. The summed E-state index contributed by atoms with van der Waals surface area (Å²) < 4.78 is 40.4. The van der Waals surface area contributed by atoms with Crippen LogP contribution in [0.25, 0.3) is 0 Å². The van der Waals surface area contributed by atoms with E-state index in [-0.39, 0.29) is 26.1 Å². The first kappa shape index (κ1) is 53.5. The summed E-state index contributed by atoms with van der Waals surface area (Å²) in [5.74, 6) is 1.38. The Morgan fingerprint density at radius 3 is 1.95 bits per heavy atom. The molecule has 0 radical (unpaired) electrons. The fourth-order valence-electron chi connectivity index (χ4n) is 6.24. The molecule has 3 atom stereocenters. The van der Waals surface area contributed by atoms with Crippen LogP contribution < -0.4 is 0 Å². The van der Waals surface area contributed by atoms with Crippen molar-refractivity contribution < 1.29 is 51.6 Å². The number of nitrogens with zero attached hydrogens (tertiary/aromatic N) is 1. The fraction of sp³-hybridized carbons (Fsp3) is 0.739. The Kier molecular flexibility index (Phi) is 29.8. The van der Waals surface area contributed by atoms with Crippen LogP contribution >= 0.6 is 7.82 Å². The third-order valence-electron chi connectivity index (χ3n) is 9.96. The number of rotatable bonds is 36. The number of aliphatic hydroxyl groups excluding tert-OH is 1. The second-order valence-electron chi connectivity index (χ2n) is 16.5. The normalized spacial score (nSPS) is 14.4. The van der Waals surface area contributed by atoms with E-state index in [0.717, 1.165) is 101 Å². The lowest BCUT2D eigenvalue weighted by Crippen LogP contribution is -2.37. The van der Waals surface area contributed by atoms with Crippen LogP contribution in [0.4, 0.5) is 0 Å². The average Bonchev–Trinajstić information content (AvgIpc) is 3.43. The second-order valence-corrected chi connectivity index (χ2v) is 17.9. The Morgan fingerprint density at radius 1 is 0.741 bits per heavy atom. The third-order valence-corrected chi connectivity index (χ3v) is 10.9. The van der Waals surface area contributed by atoms with Gasteiger partial charge >= 0.3 is 19.8 Å². The highest BCUT2D eigenvalue weighted by Crippen LogP contribution is 2.43. The van der Waals surface area contributed by atoms with E-state index in [1.54, 1.807) is 0 Å². The van der Waals surface area contributed by atoms with E-state index in [1.807, 2.05) is 39.4 Å². The molecule has 0 saturated carbocycles. The van der Waals surface area contributed by atoms with Crippen molar-refractivity contribution in [3.63, 3.8) is 0 Å². The van der Waals surface area contributed by atoms with Crippen LogP contribution in [0.2, 0.25) is 0 Å². The van der Waals surface area contributed by atoms with E-state index in [4.69, 9.17) is 22.9 Å². The van der Waals surface area contributed by atoms with E-state index >= 15 is 0 Å². The van der Waals surface area contributed by atoms with Crippen molar-refractivity contribution in [2.24, 2.45) is 0 Å². The van der Waals surface area contributed by atoms with Gasteiger partial charge in [0.1, 0.15) is 31.3 Å². The third kappa shape index (κ3) is 28.8. The number of allylic oxidation sites excluding steroid dienone is 5. The highest BCUT2D eigenvalue weighted by Gasteiger charge is 2.27. The van der Waals surface area contributed by atoms with Crippen molar-refractivity contribution in [3.8, 4) is 0 Å². The van der Waals surface area contributed by atoms with Gasteiger partial charge in [0.15, 0.2) is 6.10 Å². The maximum Gasteiger partial charge on any atom is 0.472 e. The minimum Gasteiger partial charge on any atom is -0.466 e. The molecule has 12 heteroatoms. The van der Waals surface area contributed by atoms with Crippen LogP contribution in [0, 0.1) is 13.8 Å². The molecule has 0 saturated heterocycles. The molecule has 2 unspecified atom stereocenters. The highest BCUT2D eigenvalue weighted by atomic mass is 31.2. The van der Waals surface area contributed by atoms with E-state index in [9.17, 15) is 24.2 Å². The monoisotopic (exact) mass is 839 g/mol. The fourth-order valence-corrected chi connectivity index (χ4v) is 6.99. The molecule has 1 heterocycles. The number of ether oxygens (including phenoxy) is 2. The van der Waals surface area contributed by atoms with E-state index < -0.39 is 38.6 Å². The Bertz CT molecular complexity index is 1380. The number of furan rings is 1. The van der Waals surface area contributed by atoms with Crippen LogP contribution in [-0.4, -0.2) is 86.1 Å². The van der Waals surface area contributed by atoms with Crippen molar-refractivity contribution in [3.05, 3.63) is 59.1 Å². The number of phosphoric ester groups is 1. The Balaban J connectivity index is 2.38. The highest BCUT2D eigenvalue weighted by molar-refractivity contribution is 7.47. The van der Waals surface area contributed by atoms with Crippen LogP contribution in [0.3, 0.4) is 0 Å². The molecule has 0 bridgehead atoms. The number of hydrogen-bond donors (Lipinski definition) is 2. The molecule has 0 amide bonds. The maximum absolute atomic E-state index is 12.7. The first-order chi connectivity index (χ1) is 27.7. The first-order valence-corrected chi connectivity index (χ1v) is 23.7. The summed E-state index contributed by atoms with van der Waals surface area (Å²) in [6.45, 7) is 8.38. The molecular formula is C46H81NO10P+. The first-order valence-electron chi connectivity index (χ1n) is 22.2. The molecular weight excluding hydrogens is 757 g/mol. The van der Waals surface area contributed by atoms with Crippen LogP contribution in [-0.2, 0) is 45.5 Å². The number of unbranched alkanes of at least 4 members (excludes halogenated alkanes) is 11. The summed E-state index contributed by atoms with van der Waals surface area (Å²) in [7, 11) is 1.39. The quantitative estimate of drug-likeness (QED) is 0.0167. The predicted molar refractivity (Wildman–Crippen MR) is 234 cm³/mol. The second kappa shape index (κ2) is 32.3. The number of esters is 2. The smallest absolute Gasteiger partial charge is 0.466 e. The van der Waals surface area contributed by atoms with Crippen LogP contribution in [0.5, 0.6) is 0 Å². The molecule has 1 aromatic rings. The molecule has 58 heavy (non-hydrogen) atoms. The molecule has 2 N–H and O–H groups in total. The summed E-state index contributed by atoms with van der Waals surface area (Å²) in [4.78, 5) is 35.5. The minimum absolute atomic E-state index is 0.00756. The number of phosphoric acid groups is 1. The summed E-state index contributed by atoms with van der Waals surface area (Å²) in [6, 6.07) is 0. The lowest BCUT2D eigenvalue weighted by atomic mass is 10.0. The average molecular weight is 839 g/mol. The molecule has 334 valence electrons. The van der Waals surface area contributed by atoms with Gasteiger partial charge in [0.2, 0.25) is 0 Å². The molecule has 1 aromatic heterocycles. The van der Waals surface area contributed by atoms with E-state index in [0.29, 0.717) is 30.3 Å². The van der Waals surface area contributed by atoms with Crippen molar-refractivity contribution in [1.29, 1.82) is 0 Å². The zero-order valence-electron chi connectivity index (χ0n) is 37.4. The van der Waals surface area contributed by atoms with Crippen LogP contribution in [0.1, 0.15) is 158 Å². The Morgan fingerprint density at radius 2 is 1.33 bits per heavy atom. The molecule has 0 aliphatic carbocycles. The van der Waals surface area contributed by atoms with Gasteiger partial charge in [-0.3, -0.25) is 18.6 Å². The zero-order chi connectivity index (χ0) is 43.1. The summed E-state index contributed by atoms with van der Waals surface area (Å²) in [6.07, 6.45) is 29.2. The van der Waals surface area contributed by atoms with Crippen molar-refractivity contribution in [2.45, 2.75) is 175 Å². The van der Waals surface area contributed by atoms with E-state index in [2.05, 4.69) is 45.9 Å². The maximum atomic E-state index is 12.7. The standard InChI is InChI=1S/C46H80NO10P/c1-8-10-11-12-15-19-24-30-41(48)31-25-20-18-23-27-33-45(49)53-37-42(38-55-58(51,52)54-36-35-47(5,6)7)56-46(50)34-28-22-17-14-13-16-21-26-32-44-40(4)39(3)43(57-44)29-9-2/h10-11,15,19,24,30,41-42,48H,8-9,12-14,16-18,20-23,25-29,31-38H2,1-7H3/p+1/b11-10+,19-15+,30-24+/t41?,42-/m1/s1.